The fourth-order valence-corrected chi connectivity index (χ4v) is 3.13. The van der Waals surface area contributed by atoms with Crippen molar-refractivity contribution in [1.82, 2.24) is 0 Å². The van der Waals surface area contributed by atoms with Crippen molar-refractivity contribution in [3.8, 4) is 0 Å². The largest absolute Gasteiger partial charge is 0.152 e. The van der Waals surface area contributed by atoms with Crippen molar-refractivity contribution in [3.05, 3.63) is 22.4 Å². The highest BCUT2D eigenvalue weighted by Gasteiger charge is 1.95. The molecule has 0 aromatic carbocycles. The van der Waals surface area contributed by atoms with Crippen molar-refractivity contribution in [1.29, 1.82) is 0 Å². The Kier molecular flexibility index (Phi) is 10.3. The number of unbranched alkanes of at least 4 members (excludes halogenated alkanes) is 10. The predicted molar refractivity (Wildman–Crippen MR) is 84.5 cm³/mol. The van der Waals surface area contributed by atoms with E-state index in [1.165, 1.54) is 82.6 Å². The zero-order chi connectivity index (χ0) is 12.9. The van der Waals surface area contributed by atoms with Gasteiger partial charge < -0.3 is 0 Å². The summed E-state index contributed by atoms with van der Waals surface area (Å²) >= 11 is 1.82. The zero-order valence-corrected chi connectivity index (χ0v) is 12.9. The molecule has 0 nitrogen and oxygen atoms in total. The number of thiophene rings is 1. The van der Waals surface area contributed by atoms with E-state index < -0.39 is 0 Å². The SMILES string of the molecule is CCCCCCCCCCCCCc1ccsc1. The maximum absolute atomic E-state index is 2.29. The van der Waals surface area contributed by atoms with Gasteiger partial charge in [-0.3, -0.25) is 0 Å². The van der Waals surface area contributed by atoms with Gasteiger partial charge in [-0.2, -0.15) is 11.3 Å². The molecule has 1 aromatic rings. The summed E-state index contributed by atoms with van der Waals surface area (Å²) in [7, 11) is 0. The first-order chi connectivity index (χ1) is 8.93. The fourth-order valence-electron chi connectivity index (χ4n) is 2.43. The second-order valence-corrected chi connectivity index (χ2v) is 6.20. The van der Waals surface area contributed by atoms with Gasteiger partial charge in [-0.25, -0.2) is 0 Å². The summed E-state index contributed by atoms with van der Waals surface area (Å²) in [5.41, 5.74) is 1.54. The summed E-state index contributed by atoms with van der Waals surface area (Å²) in [5, 5.41) is 4.48. The quantitative estimate of drug-likeness (QED) is 0.374. The second kappa shape index (κ2) is 11.8. The van der Waals surface area contributed by atoms with Crippen LogP contribution in [0.15, 0.2) is 16.8 Å². The molecule has 1 heteroatoms. The summed E-state index contributed by atoms with van der Waals surface area (Å²) in [6.07, 6.45) is 17.1. The van der Waals surface area contributed by atoms with E-state index in [0.717, 1.165) is 0 Å². The first-order valence-electron chi connectivity index (χ1n) is 7.94. The molecule has 0 aliphatic carbocycles. The highest BCUT2D eigenvalue weighted by molar-refractivity contribution is 7.07. The van der Waals surface area contributed by atoms with Gasteiger partial charge in [0.1, 0.15) is 0 Å². The zero-order valence-electron chi connectivity index (χ0n) is 12.1. The molecule has 0 saturated carbocycles. The molecule has 0 aliphatic rings. The Bertz CT molecular complexity index is 251. The molecule has 0 radical (unpaired) electrons. The molecular formula is C17H30S. The lowest BCUT2D eigenvalue weighted by atomic mass is 10.0. The number of hydrogen-bond acceptors (Lipinski definition) is 1. The minimum Gasteiger partial charge on any atom is -0.152 e. The van der Waals surface area contributed by atoms with E-state index in [1.54, 1.807) is 0 Å². The van der Waals surface area contributed by atoms with Crippen LogP contribution in [-0.2, 0) is 6.42 Å². The molecule has 0 amide bonds. The Labute approximate surface area is 118 Å². The minimum absolute atomic E-state index is 1.29. The average molecular weight is 266 g/mol. The maximum Gasteiger partial charge on any atom is -0.00613 e. The third kappa shape index (κ3) is 8.74. The Morgan fingerprint density at radius 3 is 1.83 bits per heavy atom. The van der Waals surface area contributed by atoms with Gasteiger partial charge in [0.15, 0.2) is 0 Å². The van der Waals surface area contributed by atoms with Crippen LogP contribution >= 0.6 is 11.3 Å². The molecule has 0 spiro atoms. The van der Waals surface area contributed by atoms with E-state index in [0.29, 0.717) is 0 Å². The molecule has 0 bridgehead atoms. The van der Waals surface area contributed by atoms with Crippen LogP contribution in [0.2, 0.25) is 0 Å². The van der Waals surface area contributed by atoms with Gasteiger partial charge in [-0.1, -0.05) is 71.1 Å². The standard InChI is InChI=1S/C17H30S/c1-2-3-4-5-6-7-8-9-10-11-12-13-17-14-15-18-16-17/h14-16H,2-13H2,1H3. The number of aryl methyl sites for hydroxylation is 1. The first kappa shape index (κ1) is 15.8. The predicted octanol–water partition coefficient (Wildman–Crippen LogP) is 6.60. The lowest BCUT2D eigenvalue weighted by Crippen LogP contribution is -1.84. The van der Waals surface area contributed by atoms with Crippen LogP contribution < -0.4 is 0 Å². The van der Waals surface area contributed by atoms with Crippen molar-refractivity contribution in [2.24, 2.45) is 0 Å². The third-order valence-corrected chi connectivity index (χ3v) is 4.38. The normalized spacial score (nSPS) is 10.9. The van der Waals surface area contributed by atoms with Crippen molar-refractivity contribution in [2.75, 3.05) is 0 Å². The molecule has 0 fully saturated rings. The topological polar surface area (TPSA) is 0 Å². The maximum atomic E-state index is 2.29. The third-order valence-electron chi connectivity index (χ3n) is 3.65. The molecule has 0 N–H and O–H groups in total. The van der Waals surface area contributed by atoms with E-state index in [-0.39, 0.29) is 0 Å². The molecule has 0 unspecified atom stereocenters. The molecule has 18 heavy (non-hydrogen) atoms. The smallest absolute Gasteiger partial charge is 0.00613 e. The lowest BCUT2D eigenvalue weighted by molar-refractivity contribution is 0.549. The highest BCUT2D eigenvalue weighted by atomic mass is 32.1. The van der Waals surface area contributed by atoms with Gasteiger partial charge in [0.2, 0.25) is 0 Å². The monoisotopic (exact) mass is 266 g/mol. The molecule has 1 rings (SSSR count). The van der Waals surface area contributed by atoms with E-state index in [1.807, 2.05) is 11.3 Å². The van der Waals surface area contributed by atoms with Crippen molar-refractivity contribution >= 4 is 11.3 Å². The summed E-state index contributed by atoms with van der Waals surface area (Å²) in [5.74, 6) is 0. The fraction of sp³-hybridized carbons (Fsp3) is 0.765. The van der Waals surface area contributed by atoms with Crippen LogP contribution in [0.25, 0.3) is 0 Å². The Hall–Kier alpha value is -0.300. The molecule has 0 atom stereocenters. The first-order valence-corrected chi connectivity index (χ1v) is 8.89. The van der Waals surface area contributed by atoms with Crippen LogP contribution in [-0.4, -0.2) is 0 Å². The second-order valence-electron chi connectivity index (χ2n) is 5.42. The van der Waals surface area contributed by atoms with E-state index >= 15 is 0 Å². The molecule has 0 saturated heterocycles. The highest BCUT2D eigenvalue weighted by Crippen LogP contribution is 2.13. The van der Waals surface area contributed by atoms with Crippen molar-refractivity contribution < 1.29 is 0 Å². The summed E-state index contributed by atoms with van der Waals surface area (Å²) in [6.45, 7) is 2.29. The summed E-state index contributed by atoms with van der Waals surface area (Å²) < 4.78 is 0. The van der Waals surface area contributed by atoms with Gasteiger partial charge in [0.25, 0.3) is 0 Å². The lowest BCUT2D eigenvalue weighted by Gasteiger charge is -2.02. The van der Waals surface area contributed by atoms with Gasteiger partial charge in [0, 0.05) is 0 Å². The van der Waals surface area contributed by atoms with E-state index in [4.69, 9.17) is 0 Å². The van der Waals surface area contributed by atoms with Crippen LogP contribution in [0, 0.1) is 0 Å². The van der Waals surface area contributed by atoms with Crippen molar-refractivity contribution in [2.45, 2.75) is 84.0 Å². The summed E-state index contributed by atoms with van der Waals surface area (Å²) in [4.78, 5) is 0. The molecule has 0 aliphatic heterocycles. The Morgan fingerprint density at radius 2 is 1.33 bits per heavy atom. The van der Waals surface area contributed by atoms with Crippen LogP contribution in [0.4, 0.5) is 0 Å². The Morgan fingerprint density at radius 1 is 0.778 bits per heavy atom. The van der Waals surface area contributed by atoms with Crippen molar-refractivity contribution in [3.63, 3.8) is 0 Å². The van der Waals surface area contributed by atoms with Crippen LogP contribution in [0.3, 0.4) is 0 Å². The van der Waals surface area contributed by atoms with E-state index in [2.05, 4.69) is 23.8 Å². The number of hydrogen-bond donors (Lipinski definition) is 0. The van der Waals surface area contributed by atoms with Gasteiger partial charge >= 0.3 is 0 Å². The summed E-state index contributed by atoms with van der Waals surface area (Å²) in [6, 6.07) is 2.26. The molecule has 1 heterocycles. The van der Waals surface area contributed by atoms with E-state index in [9.17, 15) is 0 Å². The molecule has 1 aromatic heterocycles. The number of rotatable bonds is 12. The Balaban J connectivity index is 1.73. The van der Waals surface area contributed by atoms with Gasteiger partial charge in [0.05, 0.1) is 0 Å². The van der Waals surface area contributed by atoms with Gasteiger partial charge in [-0.15, -0.1) is 0 Å². The van der Waals surface area contributed by atoms with Gasteiger partial charge in [-0.05, 0) is 35.2 Å². The van der Waals surface area contributed by atoms with Crippen LogP contribution in [0.5, 0.6) is 0 Å². The average Bonchev–Trinajstić information content (AvgIpc) is 2.89. The minimum atomic E-state index is 1.29. The molecular weight excluding hydrogens is 236 g/mol. The molecule has 104 valence electrons. The van der Waals surface area contributed by atoms with Crippen LogP contribution in [0.1, 0.15) is 83.1 Å².